The summed E-state index contributed by atoms with van der Waals surface area (Å²) < 4.78 is 39.0. The topological polar surface area (TPSA) is 80.0 Å². The number of hydrogen-bond donors (Lipinski definition) is 0. The number of aryl methyl sites for hydroxylation is 1. The van der Waals surface area contributed by atoms with Crippen molar-refractivity contribution in [2.45, 2.75) is 19.6 Å². The number of aromatic nitrogens is 5. The highest BCUT2D eigenvalue weighted by Crippen LogP contribution is 2.32. The Morgan fingerprint density at radius 1 is 1.00 bits per heavy atom. The number of nitrogens with zero attached hydrogens (tertiary/aromatic N) is 7. The Labute approximate surface area is 173 Å². The predicted molar refractivity (Wildman–Crippen MR) is 106 cm³/mol. The SMILES string of the molecule is Cc1ccc(N2CCN(c3cnn(Cc4cnc(C(F)(F)F)s4)c(=O)n3)CC2)nc1. The van der Waals surface area contributed by atoms with Crippen LogP contribution >= 0.6 is 11.3 Å². The second-order valence-electron chi connectivity index (χ2n) is 6.85. The van der Waals surface area contributed by atoms with Crippen LogP contribution in [0.1, 0.15) is 15.4 Å². The van der Waals surface area contributed by atoms with Gasteiger partial charge in [0, 0.05) is 43.4 Å². The van der Waals surface area contributed by atoms with Crippen molar-refractivity contribution in [1.82, 2.24) is 24.7 Å². The number of anilines is 2. The van der Waals surface area contributed by atoms with Crippen LogP contribution < -0.4 is 15.5 Å². The van der Waals surface area contributed by atoms with E-state index in [4.69, 9.17) is 0 Å². The van der Waals surface area contributed by atoms with Crippen molar-refractivity contribution in [3.63, 3.8) is 0 Å². The zero-order valence-corrected chi connectivity index (χ0v) is 16.8. The summed E-state index contributed by atoms with van der Waals surface area (Å²) in [5.74, 6) is 1.36. The molecule has 0 N–H and O–H groups in total. The number of alkyl halides is 3. The molecule has 0 unspecified atom stereocenters. The molecular formula is C18H18F3N7OS. The maximum atomic E-state index is 12.7. The van der Waals surface area contributed by atoms with Crippen LogP contribution in [-0.4, -0.2) is 50.9 Å². The Morgan fingerprint density at radius 2 is 1.70 bits per heavy atom. The summed E-state index contributed by atoms with van der Waals surface area (Å²) in [7, 11) is 0. The van der Waals surface area contributed by atoms with E-state index in [1.807, 2.05) is 30.2 Å². The standard InChI is InChI=1S/C18H18F3N7OS/c1-12-2-3-14(22-8-12)26-4-6-27(7-5-26)15-10-24-28(17(29)25-15)11-13-9-23-16(30-13)18(19,20)21/h2-3,8-10H,4-7,11H2,1H3. The lowest BCUT2D eigenvalue weighted by atomic mass is 10.2. The third-order valence-electron chi connectivity index (χ3n) is 4.67. The number of hydrogen-bond acceptors (Lipinski definition) is 8. The van der Waals surface area contributed by atoms with Gasteiger partial charge in [0.2, 0.25) is 0 Å². The summed E-state index contributed by atoms with van der Waals surface area (Å²) in [6, 6.07) is 4.00. The van der Waals surface area contributed by atoms with Crippen molar-refractivity contribution in [1.29, 1.82) is 0 Å². The Kier molecular flexibility index (Phi) is 5.41. The first-order valence-electron chi connectivity index (χ1n) is 9.18. The van der Waals surface area contributed by atoms with E-state index in [9.17, 15) is 18.0 Å². The quantitative estimate of drug-likeness (QED) is 0.619. The number of piperazine rings is 1. The summed E-state index contributed by atoms with van der Waals surface area (Å²) in [5, 5.41) is 3.13. The Hall–Kier alpha value is -3.02. The molecule has 1 aliphatic rings. The number of halogens is 3. The van der Waals surface area contributed by atoms with E-state index >= 15 is 0 Å². The van der Waals surface area contributed by atoms with E-state index in [0.717, 1.165) is 35.3 Å². The summed E-state index contributed by atoms with van der Waals surface area (Å²) in [6.45, 7) is 4.63. The van der Waals surface area contributed by atoms with Gasteiger partial charge in [-0.3, -0.25) is 0 Å². The lowest BCUT2D eigenvalue weighted by Crippen LogP contribution is -2.47. The van der Waals surface area contributed by atoms with Crippen LogP contribution in [-0.2, 0) is 12.7 Å². The minimum atomic E-state index is -4.50. The van der Waals surface area contributed by atoms with Crippen LogP contribution in [0.2, 0.25) is 0 Å². The van der Waals surface area contributed by atoms with E-state index in [2.05, 4.69) is 25.0 Å². The van der Waals surface area contributed by atoms with E-state index in [-0.39, 0.29) is 11.4 Å². The molecule has 0 bridgehead atoms. The molecule has 0 aliphatic carbocycles. The highest BCUT2D eigenvalue weighted by atomic mass is 32.1. The normalized spacial score (nSPS) is 14.9. The largest absolute Gasteiger partial charge is 0.443 e. The summed E-state index contributed by atoms with van der Waals surface area (Å²) >= 11 is 0.489. The highest BCUT2D eigenvalue weighted by Gasteiger charge is 2.34. The van der Waals surface area contributed by atoms with Crippen LogP contribution in [0.3, 0.4) is 0 Å². The van der Waals surface area contributed by atoms with Crippen molar-refractivity contribution in [2.24, 2.45) is 0 Å². The predicted octanol–water partition coefficient (Wildman–Crippen LogP) is 2.19. The number of pyridine rings is 1. The van der Waals surface area contributed by atoms with Crippen molar-refractivity contribution < 1.29 is 13.2 Å². The molecule has 0 atom stereocenters. The van der Waals surface area contributed by atoms with Crippen LogP contribution in [0.5, 0.6) is 0 Å². The van der Waals surface area contributed by atoms with Gasteiger partial charge < -0.3 is 9.80 Å². The summed E-state index contributed by atoms with van der Waals surface area (Å²) in [4.78, 5) is 28.6. The Morgan fingerprint density at radius 3 is 2.27 bits per heavy atom. The molecule has 1 fully saturated rings. The maximum absolute atomic E-state index is 12.7. The van der Waals surface area contributed by atoms with E-state index in [1.165, 1.54) is 6.20 Å². The average Bonchev–Trinajstić information content (AvgIpc) is 3.20. The third kappa shape index (κ3) is 4.42. The van der Waals surface area contributed by atoms with Crippen molar-refractivity contribution in [2.75, 3.05) is 36.0 Å². The van der Waals surface area contributed by atoms with Crippen LogP contribution in [0.4, 0.5) is 24.8 Å². The van der Waals surface area contributed by atoms with Gasteiger partial charge >= 0.3 is 11.9 Å². The lowest BCUT2D eigenvalue weighted by molar-refractivity contribution is -0.137. The molecule has 1 aliphatic heterocycles. The van der Waals surface area contributed by atoms with E-state index in [1.54, 1.807) is 0 Å². The van der Waals surface area contributed by atoms with E-state index < -0.39 is 16.9 Å². The minimum absolute atomic E-state index is 0.104. The molecule has 0 spiro atoms. The van der Waals surface area contributed by atoms with Gasteiger partial charge in [-0.1, -0.05) is 6.07 Å². The molecular weight excluding hydrogens is 419 g/mol. The molecule has 158 valence electrons. The molecule has 3 aromatic rings. The van der Waals surface area contributed by atoms with E-state index in [0.29, 0.717) is 30.2 Å². The maximum Gasteiger partial charge on any atom is 0.443 e. The Bertz CT molecular complexity index is 1070. The fourth-order valence-electron chi connectivity index (χ4n) is 3.09. The fraction of sp³-hybridized carbons (Fsp3) is 0.389. The van der Waals surface area contributed by atoms with Gasteiger partial charge in [0.1, 0.15) is 5.82 Å². The van der Waals surface area contributed by atoms with Crippen molar-refractivity contribution >= 4 is 23.0 Å². The monoisotopic (exact) mass is 437 g/mol. The number of rotatable bonds is 4. The van der Waals surface area contributed by atoms with Crippen LogP contribution in [0.25, 0.3) is 0 Å². The highest BCUT2D eigenvalue weighted by molar-refractivity contribution is 7.11. The Balaban J connectivity index is 1.40. The smallest absolute Gasteiger partial charge is 0.353 e. The van der Waals surface area contributed by atoms with Crippen molar-refractivity contribution in [3.8, 4) is 0 Å². The van der Waals surface area contributed by atoms with Gasteiger partial charge in [-0.05, 0) is 18.6 Å². The molecule has 8 nitrogen and oxygen atoms in total. The number of thiazole rings is 1. The molecule has 30 heavy (non-hydrogen) atoms. The molecule has 0 radical (unpaired) electrons. The van der Waals surface area contributed by atoms with Crippen LogP contribution in [0, 0.1) is 6.92 Å². The third-order valence-corrected chi connectivity index (χ3v) is 5.70. The van der Waals surface area contributed by atoms with Gasteiger partial charge in [-0.25, -0.2) is 19.4 Å². The summed E-state index contributed by atoms with van der Waals surface area (Å²) in [5.41, 5.74) is 0.485. The molecule has 4 rings (SSSR count). The minimum Gasteiger partial charge on any atom is -0.353 e. The second-order valence-corrected chi connectivity index (χ2v) is 7.97. The fourth-order valence-corrected chi connectivity index (χ4v) is 3.85. The first kappa shape index (κ1) is 20.3. The molecule has 0 amide bonds. The lowest BCUT2D eigenvalue weighted by Gasteiger charge is -2.35. The molecule has 3 aromatic heterocycles. The first-order chi connectivity index (χ1) is 14.3. The van der Waals surface area contributed by atoms with Gasteiger partial charge in [0.25, 0.3) is 0 Å². The van der Waals surface area contributed by atoms with Gasteiger partial charge in [0.05, 0.1) is 12.7 Å². The second kappa shape index (κ2) is 8.01. The molecule has 1 saturated heterocycles. The van der Waals surface area contributed by atoms with Gasteiger partial charge in [-0.2, -0.15) is 23.3 Å². The zero-order valence-electron chi connectivity index (χ0n) is 16.0. The molecule has 0 aromatic carbocycles. The van der Waals surface area contributed by atoms with Gasteiger partial charge in [-0.15, -0.1) is 11.3 Å². The average molecular weight is 437 g/mol. The van der Waals surface area contributed by atoms with Crippen molar-refractivity contribution in [3.05, 3.63) is 56.7 Å². The molecule has 12 heteroatoms. The summed E-state index contributed by atoms with van der Waals surface area (Å²) in [6.07, 6.45) is -0.103. The zero-order chi connectivity index (χ0) is 21.3. The van der Waals surface area contributed by atoms with Crippen LogP contribution in [0.15, 0.2) is 35.5 Å². The van der Waals surface area contributed by atoms with Gasteiger partial charge in [0.15, 0.2) is 10.8 Å². The molecule has 0 saturated carbocycles. The first-order valence-corrected chi connectivity index (χ1v) is 10.00. The molecule has 4 heterocycles.